The first-order valence-corrected chi connectivity index (χ1v) is 12.1. The number of carbonyl (C=O) groups excluding carboxylic acids is 2. The van der Waals surface area contributed by atoms with Crippen molar-refractivity contribution in [2.24, 2.45) is 0 Å². The quantitative estimate of drug-likeness (QED) is 0.554. The predicted octanol–water partition coefficient (Wildman–Crippen LogP) is 2.55. The maximum absolute atomic E-state index is 12.5. The number of hydrogen-bond donors (Lipinski definition) is 3. The topological polar surface area (TPSA) is 104 Å². The fourth-order valence-electron chi connectivity index (χ4n) is 3.67. The van der Waals surface area contributed by atoms with Crippen molar-refractivity contribution in [3.63, 3.8) is 0 Å². The number of sulfonamides is 1. The van der Waals surface area contributed by atoms with Crippen molar-refractivity contribution in [2.45, 2.75) is 50.3 Å². The molecule has 1 aliphatic carbocycles. The molecule has 8 heteroatoms. The Kier molecular flexibility index (Phi) is 7.81. The molecular weight excluding hydrogens is 414 g/mol. The third-order valence-electron chi connectivity index (χ3n) is 5.39. The van der Waals surface area contributed by atoms with Gasteiger partial charge in [-0.1, -0.05) is 31.2 Å². The van der Waals surface area contributed by atoms with Crippen LogP contribution in [0.3, 0.4) is 0 Å². The highest BCUT2D eigenvalue weighted by atomic mass is 32.2. The van der Waals surface area contributed by atoms with E-state index in [2.05, 4.69) is 15.4 Å². The number of carbonyl (C=O) groups is 2. The van der Waals surface area contributed by atoms with E-state index in [1.165, 1.54) is 5.56 Å². The van der Waals surface area contributed by atoms with Crippen molar-refractivity contribution in [1.82, 2.24) is 10.0 Å². The van der Waals surface area contributed by atoms with Gasteiger partial charge in [-0.25, -0.2) is 13.1 Å². The third-order valence-corrected chi connectivity index (χ3v) is 6.85. The first kappa shape index (κ1) is 23.0. The molecule has 2 aromatic rings. The van der Waals surface area contributed by atoms with Crippen molar-refractivity contribution in [1.29, 1.82) is 0 Å². The molecule has 3 N–H and O–H groups in total. The van der Waals surface area contributed by atoms with Gasteiger partial charge in [0.1, 0.15) is 0 Å². The van der Waals surface area contributed by atoms with Crippen LogP contribution in [0, 0.1) is 0 Å². The first-order valence-electron chi connectivity index (χ1n) is 10.6. The standard InChI is InChI=1S/C23H29N3O4S/c1-2-17-7-5-6-10-21(17)26-23(28)16-24-22(27)13-14-25-31(29,30)20-12-11-18-8-3-4-9-19(18)15-20/h5-7,10-12,15,25H,2-4,8-9,13-14,16H2,1H3,(H,24,27)(H,26,28). The van der Waals surface area contributed by atoms with Gasteiger partial charge in [0.05, 0.1) is 11.4 Å². The monoisotopic (exact) mass is 443 g/mol. The summed E-state index contributed by atoms with van der Waals surface area (Å²) < 4.78 is 27.5. The Morgan fingerprint density at radius 1 is 0.968 bits per heavy atom. The van der Waals surface area contributed by atoms with Crippen LogP contribution in [0.1, 0.15) is 42.9 Å². The van der Waals surface area contributed by atoms with Gasteiger partial charge in [0.15, 0.2) is 0 Å². The number of rotatable bonds is 9. The van der Waals surface area contributed by atoms with Gasteiger partial charge in [-0.3, -0.25) is 9.59 Å². The van der Waals surface area contributed by atoms with E-state index in [0.717, 1.165) is 48.9 Å². The van der Waals surface area contributed by atoms with E-state index < -0.39 is 15.9 Å². The summed E-state index contributed by atoms with van der Waals surface area (Å²) in [6, 6.07) is 12.7. The largest absolute Gasteiger partial charge is 0.347 e. The molecule has 0 radical (unpaired) electrons. The van der Waals surface area contributed by atoms with Crippen LogP contribution >= 0.6 is 0 Å². The van der Waals surface area contributed by atoms with E-state index in [-0.39, 0.29) is 30.3 Å². The lowest BCUT2D eigenvalue weighted by atomic mass is 9.92. The first-order chi connectivity index (χ1) is 14.9. The minimum atomic E-state index is -3.68. The molecule has 0 saturated heterocycles. The summed E-state index contributed by atoms with van der Waals surface area (Å²) >= 11 is 0. The van der Waals surface area contributed by atoms with E-state index in [0.29, 0.717) is 0 Å². The van der Waals surface area contributed by atoms with Crippen LogP contribution in [0.5, 0.6) is 0 Å². The minimum absolute atomic E-state index is 0.0362. The summed E-state index contributed by atoms with van der Waals surface area (Å²) in [5.74, 6) is -0.726. The van der Waals surface area contributed by atoms with Crippen LogP contribution in [0.4, 0.5) is 5.69 Å². The van der Waals surface area contributed by atoms with Crippen molar-refractivity contribution < 1.29 is 18.0 Å². The van der Waals surface area contributed by atoms with Crippen molar-refractivity contribution >= 4 is 27.5 Å². The molecule has 0 fully saturated rings. The molecule has 3 rings (SSSR count). The van der Waals surface area contributed by atoms with E-state index in [9.17, 15) is 18.0 Å². The molecule has 0 atom stereocenters. The van der Waals surface area contributed by atoms with Gasteiger partial charge in [-0.15, -0.1) is 0 Å². The number of fused-ring (bicyclic) bond motifs is 1. The summed E-state index contributed by atoms with van der Waals surface area (Å²) in [6.45, 7) is 1.79. The molecule has 31 heavy (non-hydrogen) atoms. The Morgan fingerprint density at radius 3 is 2.48 bits per heavy atom. The highest BCUT2D eigenvalue weighted by Crippen LogP contribution is 2.24. The normalized spacial score (nSPS) is 13.3. The van der Waals surface area contributed by atoms with Gasteiger partial charge >= 0.3 is 0 Å². The second-order valence-corrected chi connectivity index (χ2v) is 9.39. The number of aryl methyl sites for hydroxylation is 3. The summed E-state index contributed by atoms with van der Waals surface area (Å²) in [5, 5.41) is 5.30. The summed E-state index contributed by atoms with van der Waals surface area (Å²) in [4.78, 5) is 24.3. The molecule has 7 nitrogen and oxygen atoms in total. The van der Waals surface area contributed by atoms with Crippen LogP contribution in [-0.4, -0.2) is 33.3 Å². The minimum Gasteiger partial charge on any atom is -0.347 e. The zero-order valence-corrected chi connectivity index (χ0v) is 18.6. The second-order valence-electron chi connectivity index (χ2n) is 7.62. The van der Waals surface area contributed by atoms with E-state index >= 15 is 0 Å². The van der Waals surface area contributed by atoms with Gasteiger partial charge in [-0.2, -0.15) is 0 Å². The smallest absolute Gasteiger partial charge is 0.243 e. The number of anilines is 1. The van der Waals surface area contributed by atoms with Crippen molar-refractivity contribution in [3.05, 3.63) is 59.2 Å². The zero-order valence-electron chi connectivity index (χ0n) is 17.7. The third kappa shape index (κ3) is 6.38. The van der Waals surface area contributed by atoms with Crippen LogP contribution in [0.25, 0.3) is 0 Å². The maximum Gasteiger partial charge on any atom is 0.243 e. The number of nitrogens with one attached hydrogen (secondary N) is 3. The number of hydrogen-bond acceptors (Lipinski definition) is 4. The Hall–Kier alpha value is -2.71. The lowest BCUT2D eigenvalue weighted by Crippen LogP contribution is -2.35. The molecule has 0 bridgehead atoms. The Bertz CT molecular complexity index is 1050. The summed E-state index contributed by atoms with van der Waals surface area (Å²) in [7, 11) is -3.68. The fourth-order valence-corrected chi connectivity index (χ4v) is 4.75. The zero-order chi connectivity index (χ0) is 22.3. The molecule has 0 aliphatic heterocycles. The van der Waals surface area contributed by atoms with Gasteiger partial charge < -0.3 is 10.6 Å². The molecular formula is C23H29N3O4S. The molecule has 0 aromatic heterocycles. The van der Waals surface area contributed by atoms with Gasteiger partial charge in [-0.05, 0) is 67.0 Å². The molecule has 2 amide bonds. The lowest BCUT2D eigenvalue weighted by Gasteiger charge is -2.16. The van der Waals surface area contributed by atoms with Gasteiger partial charge in [0, 0.05) is 18.7 Å². The van der Waals surface area contributed by atoms with Crippen LogP contribution < -0.4 is 15.4 Å². The number of benzene rings is 2. The van der Waals surface area contributed by atoms with E-state index in [1.807, 2.05) is 37.3 Å². The molecule has 0 heterocycles. The average Bonchev–Trinajstić information content (AvgIpc) is 2.77. The molecule has 0 spiro atoms. The summed E-state index contributed by atoms with van der Waals surface area (Å²) in [6.07, 6.45) is 4.82. The molecule has 2 aromatic carbocycles. The SMILES string of the molecule is CCc1ccccc1NC(=O)CNC(=O)CCNS(=O)(=O)c1ccc2c(c1)CCCC2. The van der Waals surface area contributed by atoms with Crippen LogP contribution in [0.2, 0.25) is 0 Å². The fraction of sp³-hybridized carbons (Fsp3) is 0.391. The van der Waals surface area contributed by atoms with E-state index in [1.54, 1.807) is 12.1 Å². The van der Waals surface area contributed by atoms with Crippen molar-refractivity contribution in [3.8, 4) is 0 Å². The predicted molar refractivity (Wildman–Crippen MR) is 120 cm³/mol. The highest BCUT2D eigenvalue weighted by Gasteiger charge is 2.18. The Morgan fingerprint density at radius 2 is 1.71 bits per heavy atom. The lowest BCUT2D eigenvalue weighted by molar-refractivity contribution is -0.124. The van der Waals surface area contributed by atoms with E-state index in [4.69, 9.17) is 0 Å². The number of para-hydroxylation sites is 1. The molecule has 0 unspecified atom stereocenters. The van der Waals surface area contributed by atoms with Gasteiger partial charge in [0.2, 0.25) is 21.8 Å². The van der Waals surface area contributed by atoms with Gasteiger partial charge in [0.25, 0.3) is 0 Å². The highest BCUT2D eigenvalue weighted by molar-refractivity contribution is 7.89. The maximum atomic E-state index is 12.5. The molecule has 1 aliphatic rings. The second kappa shape index (κ2) is 10.5. The Balaban J connectivity index is 1.44. The molecule has 166 valence electrons. The van der Waals surface area contributed by atoms with Crippen LogP contribution in [-0.2, 0) is 38.9 Å². The van der Waals surface area contributed by atoms with Crippen molar-refractivity contribution in [2.75, 3.05) is 18.4 Å². The molecule has 0 saturated carbocycles. The average molecular weight is 444 g/mol. The van der Waals surface area contributed by atoms with Crippen LogP contribution in [0.15, 0.2) is 47.4 Å². The number of amides is 2. The Labute approximate surface area is 183 Å². The summed E-state index contributed by atoms with van der Waals surface area (Å²) in [5.41, 5.74) is 4.03.